The summed E-state index contributed by atoms with van der Waals surface area (Å²) in [4.78, 5) is 16.7. The van der Waals surface area contributed by atoms with Gasteiger partial charge >= 0.3 is 0 Å². The number of aromatic hydroxyl groups is 1. The lowest BCUT2D eigenvalue weighted by Gasteiger charge is -1.92. The molecule has 3 N–H and O–H groups in total. The predicted octanol–water partition coefficient (Wildman–Crippen LogP) is 2.81. The molecule has 0 aliphatic heterocycles. The van der Waals surface area contributed by atoms with Crippen molar-refractivity contribution in [3.8, 4) is 11.8 Å². The number of isocyanates is 2. The molecule has 102 valence electrons. The zero-order valence-corrected chi connectivity index (χ0v) is 10.9. The molecular formula is C13H17N3O3. The summed E-state index contributed by atoms with van der Waals surface area (Å²) >= 11 is 0. The second-order valence-corrected chi connectivity index (χ2v) is 2.90. The number of nitriles is 1. The molecule has 0 saturated carbocycles. The number of phenolic OH excluding ortho intramolecular Hbond substituents is 1. The van der Waals surface area contributed by atoms with E-state index in [-0.39, 0.29) is 0 Å². The molecule has 0 atom stereocenters. The Morgan fingerprint density at radius 2 is 1.63 bits per heavy atom. The lowest BCUT2D eigenvalue weighted by molar-refractivity contribution is 0.471. The minimum atomic E-state index is 0.368. The Morgan fingerprint density at radius 1 is 1.21 bits per heavy atom. The minimum Gasteiger partial charge on any atom is -0.508 e. The number of nitrogens with zero attached hydrogens (tertiary/aromatic N) is 1. The summed E-state index contributed by atoms with van der Waals surface area (Å²) in [6.45, 7) is 3.86. The molecular weight excluding hydrogens is 246 g/mol. The Morgan fingerprint density at radius 3 is 1.79 bits per heavy atom. The van der Waals surface area contributed by atoms with Gasteiger partial charge < -0.3 is 5.11 Å². The summed E-state index contributed by atoms with van der Waals surface area (Å²) < 4.78 is 0. The van der Waals surface area contributed by atoms with Gasteiger partial charge in [-0.15, -0.1) is 0 Å². The van der Waals surface area contributed by atoms with Crippen LogP contribution in [0, 0.1) is 29.1 Å². The number of rotatable bonds is 1. The summed E-state index contributed by atoms with van der Waals surface area (Å²) in [6.07, 6.45) is 3.18. The first-order chi connectivity index (χ1) is 9.05. The molecule has 1 rings (SSSR count). The number of benzene rings is 1. The number of nitrogens with one attached hydrogen (secondary N) is 2. The standard InChI is InChI=1S/C7H8O.C4H7N.2CHNO/c1-6-4-2-3-5-7(6)8;1-2-3-4-5;2*2-1-3/h2-5,8H,1H3;2-3H2,1H3;2*2H. The lowest BCUT2D eigenvalue weighted by Crippen LogP contribution is -1.68. The van der Waals surface area contributed by atoms with E-state index < -0.39 is 0 Å². The van der Waals surface area contributed by atoms with Crippen molar-refractivity contribution in [3.63, 3.8) is 0 Å². The highest BCUT2D eigenvalue weighted by Crippen LogP contribution is 2.12. The highest BCUT2D eigenvalue weighted by atomic mass is 16.3. The van der Waals surface area contributed by atoms with E-state index in [1.165, 1.54) is 0 Å². The van der Waals surface area contributed by atoms with E-state index in [0.29, 0.717) is 12.2 Å². The van der Waals surface area contributed by atoms with Crippen LogP contribution in [0.25, 0.3) is 0 Å². The van der Waals surface area contributed by atoms with Crippen molar-refractivity contribution in [3.05, 3.63) is 29.8 Å². The number of para-hydroxylation sites is 1. The zero-order chi connectivity index (χ0) is 15.5. The van der Waals surface area contributed by atoms with Crippen LogP contribution in [0.3, 0.4) is 0 Å². The van der Waals surface area contributed by atoms with E-state index in [1.54, 1.807) is 6.07 Å². The van der Waals surface area contributed by atoms with Crippen LogP contribution in [0.2, 0.25) is 0 Å². The van der Waals surface area contributed by atoms with Crippen LogP contribution in [0.15, 0.2) is 24.3 Å². The number of phenols is 1. The Balaban J connectivity index is -0.000000202. The Labute approximate surface area is 112 Å². The van der Waals surface area contributed by atoms with Gasteiger partial charge in [-0.2, -0.15) is 5.26 Å². The molecule has 0 radical (unpaired) electrons. The second-order valence-electron chi connectivity index (χ2n) is 2.90. The Hall–Kier alpha value is -2.73. The third-order valence-electron chi connectivity index (χ3n) is 1.48. The molecule has 0 aromatic heterocycles. The summed E-state index contributed by atoms with van der Waals surface area (Å²) in [5.74, 6) is 0.368. The molecule has 0 fully saturated rings. The smallest absolute Gasteiger partial charge is 0.231 e. The van der Waals surface area contributed by atoms with E-state index in [4.69, 9.17) is 30.8 Å². The van der Waals surface area contributed by atoms with Crippen molar-refractivity contribution in [1.82, 2.24) is 0 Å². The average molecular weight is 263 g/mol. The molecule has 6 heteroatoms. The SMILES string of the molecule is CCCC#N.Cc1ccccc1O.N=C=O.N=C=O. The van der Waals surface area contributed by atoms with E-state index in [0.717, 1.165) is 24.1 Å². The first-order valence-electron chi connectivity index (χ1n) is 5.24. The molecule has 0 spiro atoms. The quantitative estimate of drug-likeness (QED) is 0.531. The van der Waals surface area contributed by atoms with Gasteiger partial charge in [0.2, 0.25) is 12.2 Å². The van der Waals surface area contributed by atoms with Crippen molar-refractivity contribution in [1.29, 1.82) is 16.1 Å². The predicted molar refractivity (Wildman–Crippen MR) is 70.2 cm³/mol. The lowest BCUT2D eigenvalue weighted by atomic mass is 10.2. The van der Waals surface area contributed by atoms with Crippen molar-refractivity contribution >= 4 is 12.2 Å². The largest absolute Gasteiger partial charge is 0.508 e. The minimum absolute atomic E-state index is 0.368. The molecule has 1 aromatic rings. The Bertz CT molecular complexity index is 394. The number of hydrogen-bond acceptors (Lipinski definition) is 6. The summed E-state index contributed by atoms with van der Waals surface area (Å²) in [5, 5.41) is 27.5. The van der Waals surface area contributed by atoms with Gasteiger partial charge in [0.25, 0.3) is 0 Å². The van der Waals surface area contributed by atoms with Crippen LogP contribution in [0.1, 0.15) is 25.3 Å². The third-order valence-corrected chi connectivity index (χ3v) is 1.48. The average Bonchev–Trinajstić information content (AvgIpc) is 2.37. The fourth-order valence-corrected chi connectivity index (χ4v) is 0.675. The molecule has 0 heterocycles. The maximum absolute atomic E-state index is 8.92. The van der Waals surface area contributed by atoms with Crippen molar-refractivity contribution in [2.75, 3.05) is 0 Å². The molecule has 0 aliphatic carbocycles. The zero-order valence-electron chi connectivity index (χ0n) is 10.9. The van der Waals surface area contributed by atoms with Gasteiger partial charge in [-0.05, 0) is 25.0 Å². The van der Waals surface area contributed by atoms with Gasteiger partial charge in [0, 0.05) is 6.42 Å². The molecule has 0 unspecified atom stereocenters. The van der Waals surface area contributed by atoms with Crippen LogP contribution in [0.5, 0.6) is 5.75 Å². The Kier molecular flexibility index (Phi) is 23.4. The molecule has 0 bridgehead atoms. The first kappa shape index (κ1) is 21.5. The van der Waals surface area contributed by atoms with Crippen LogP contribution in [-0.4, -0.2) is 17.3 Å². The highest BCUT2D eigenvalue weighted by molar-refractivity contribution is 5.29. The van der Waals surface area contributed by atoms with Crippen molar-refractivity contribution in [2.45, 2.75) is 26.7 Å². The summed E-state index contributed by atoms with van der Waals surface area (Å²) in [5.41, 5.74) is 0.924. The van der Waals surface area contributed by atoms with E-state index in [2.05, 4.69) is 0 Å². The molecule has 6 nitrogen and oxygen atoms in total. The monoisotopic (exact) mass is 263 g/mol. The maximum Gasteiger partial charge on any atom is 0.231 e. The molecule has 0 saturated heterocycles. The van der Waals surface area contributed by atoms with Gasteiger partial charge in [0.05, 0.1) is 6.07 Å². The van der Waals surface area contributed by atoms with Crippen molar-refractivity contribution < 1.29 is 14.7 Å². The fourth-order valence-electron chi connectivity index (χ4n) is 0.675. The van der Waals surface area contributed by atoms with Gasteiger partial charge in [0.15, 0.2) is 0 Å². The first-order valence-corrected chi connectivity index (χ1v) is 5.24. The molecule has 1 aromatic carbocycles. The van der Waals surface area contributed by atoms with Gasteiger partial charge in [0.1, 0.15) is 5.75 Å². The van der Waals surface area contributed by atoms with Crippen molar-refractivity contribution in [2.24, 2.45) is 0 Å². The van der Waals surface area contributed by atoms with E-state index in [1.807, 2.05) is 38.1 Å². The number of hydrogen-bond donors (Lipinski definition) is 3. The second kappa shape index (κ2) is 20.7. The van der Waals surface area contributed by atoms with E-state index in [9.17, 15) is 0 Å². The maximum atomic E-state index is 8.92. The third kappa shape index (κ3) is 25.5. The topological polar surface area (TPSA) is 126 Å². The summed E-state index contributed by atoms with van der Waals surface area (Å²) in [6, 6.07) is 9.27. The fraction of sp³-hybridized carbons (Fsp3) is 0.308. The molecule has 0 amide bonds. The van der Waals surface area contributed by atoms with Crippen LogP contribution in [0.4, 0.5) is 0 Å². The van der Waals surface area contributed by atoms with Gasteiger partial charge in [-0.3, -0.25) is 0 Å². The van der Waals surface area contributed by atoms with Gasteiger partial charge in [-0.25, -0.2) is 20.4 Å². The number of aryl methyl sites for hydroxylation is 1. The molecule has 0 aliphatic rings. The number of carbonyl (C=O) groups excluding carboxylic acids is 2. The van der Waals surface area contributed by atoms with Crippen LogP contribution in [-0.2, 0) is 9.59 Å². The summed E-state index contributed by atoms with van der Waals surface area (Å²) in [7, 11) is 0. The van der Waals surface area contributed by atoms with Gasteiger partial charge in [-0.1, -0.05) is 25.1 Å². The molecule has 19 heavy (non-hydrogen) atoms. The number of unbranched alkanes of at least 4 members (excludes halogenated alkanes) is 1. The normalized spacial score (nSPS) is 6.37. The van der Waals surface area contributed by atoms with E-state index >= 15 is 0 Å². The highest BCUT2D eigenvalue weighted by Gasteiger charge is 1.86. The van der Waals surface area contributed by atoms with Crippen LogP contribution >= 0.6 is 0 Å². The van der Waals surface area contributed by atoms with Crippen LogP contribution < -0.4 is 0 Å².